The Morgan fingerprint density at radius 3 is 2.52 bits per heavy atom. The van der Waals surface area contributed by atoms with E-state index in [2.05, 4.69) is 0 Å². The van der Waals surface area contributed by atoms with Crippen LogP contribution in [0.15, 0.2) is 78.5 Å². The number of ether oxygens (including phenoxy) is 3. The average Bonchev–Trinajstić information content (AvgIpc) is 2.77. The molecule has 3 aromatic rings. The van der Waals surface area contributed by atoms with Crippen LogP contribution in [0.25, 0.3) is 6.08 Å². The lowest BCUT2D eigenvalue weighted by Crippen LogP contribution is -2.19. The minimum atomic E-state index is -0.836. The topological polar surface area (TPSA) is 70.8 Å². The molecular weight excluding hydrogens is 370 g/mol. The highest BCUT2D eigenvalue weighted by atomic mass is 16.6. The first-order chi connectivity index (χ1) is 14.2. The molecule has 0 fully saturated rings. The lowest BCUT2D eigenvalue weighted by atomic mass is 10.0. The van der Waals surface area contributed by atoms with Crippen LogP contribution in [0.2, 0.25) is 0 Å². The van der Waals surface area contributed by atoms with E-state index in [0.717, 1.165) is 5.56 Å². The van der Waals surface area contributed by atoms with Crippen molar-refractivity contribution in [2.24, 2.45) is 0 Å². The van der Waals surface area contributed by atoms with Gasteiger partial charge >= 0.3 is 0 Å². The van der Waals surface area contributed by atoms with Gasteiger partial charge in [-0.1, -0.05) is 54.6 Å². The van der Waals surface area contributed by atoms with Crippen molar-refractivity contribution in [3.8, 4) is 17.2 Å². The van der Waals surface area contributed by atoms with Gasteiger partial charge in [-0.2, -0.15) is 0 Å². The van der Waals surface area contributed by atoms with Gasteiger partial charge in [0.1, 0.15) is 12.4 Å². The quantitative estimate of drug-likeness (QED) is 0.437. The minimum Gasteiger partial charge on any atom is -0.493 e. The Labute approximate surface area is 168 Å². The highest BCUT2D eigenvalue weighted by Gasteiger charge is 2.33. The van der Waals surface area contributed by atoms with E-state index in [-0.39, 0.29) is 5.70 Å². The second-order valence-corrected chi connectivity index (χ2v) is 6.55. The van der Waals surface area contributed by atoms with E-state index in [0.29, 0.717) is 35.0 Å². The molecule has 0 spiro atoms. The number of hydrogen-bond donors (Lipinski definition) is 0. The van der Waals surface area contributed by atoms with Crippen LogP contribution < -0.4 is 14.2 Å². The molecule has 0 amide bonds. The molecule has 4 rings (SSSR count). The van der Waals surface area contributed by atoms with Gasteiger partial charge in [0.15, 0.2) is 11.5 Å². The van der Waals surface area contributed by atoms with Crippen molar-refractivity contribution < 1.29 is 19.1 Å². The zero-order valence-corrected chi connectivity index (χ0v) is 15.8. The fourth-order valence-corrected chi connectivity index (χ4v) is 3.22. The van der Waals surface area contributed by atoms with Crippen LogP contribution in [0.5, 0.6) is 17.2 Å². The first kappa shape index (κ1) is 18.6. The number of nitro groups is 1. The van der Waals surface area contributed by atoms with Gasteiger partial charge in [0.05, 0.1) is 12.0 Å². The summed E-state index contributed by atoms with van der Waals surface area (Å²) in [4.78, 5) is 11.2. The molecule has 0 saturated heterocycles. The van der Waals surface area contributed by atoms with Crippen LogP contribution in [-0.4, -0.2) is 12.0 Å². The van der Waals surface area contributed by atoms with Crippen molar-refractivity contribution in [1.82, 2.24) is 0 Å². The second-order valence-electron chi connectivity index (χ2n) is 6.55. The maximum absolute atomic E-state index is 11.6. The maximum atomic E-state index is 11.6. The molecule has 146 valence electrons. The van der Waals surface area contributed by atoms with Gasteiger partial charge in [-0.3, -0.25) is 10.1 Å². The molecule has 6 nitrogen and oxygen atoms in total. The van der Waals surface area contributed by atoms with E-state index in [4.69, 9.17) is 14.2 Å². The lowest BCUT2D eigenvalue weighted by Gasteiger charge is -2.23. The molecule has 6 heteroatoms. The Kier molecular flexibility index (Phi) is 5.16. The Balaban J connectivity index is 1.62. The minimum absolute atomic E-state index is 0.0243. The van der Waals surface area contributed by atoms with E-state index in [1.807, 2.05) is 42.5 Å². The van der Waals surface area contributed by atoms with Crippen molar-refractivity contribution in [3.05, 3.63) is 105 Å². The molecular formula is C23H19NO5. The van der Waals surface area contributed by atoms with Crippen LogP contribution >= 0.6 is 0 Å². The first-order valence-corrected chi connectivity index (χ1v) is 9.12. The monoisotopic (exact) mass is 389 g/mol. The van der Waals surface area contributed by atoms with E-state index in [1.165, 1.54) is 7.11 Å². The molecule has 1 unspecified atom stereocenters. The number of methoxy groups -OCH3 is 1. The molecule has 0 aliphatic carbocycles. The van der Waals surface area contributed by atoms with Gasteiger partial charge in [0.25, 0.3) is 5.70 Å². The Morgan fingerprint density at radius 1 is 1.00 bits per heavy atom. The molecule has 1 atom stereocenters. The Morgan fingerprint density at radius 2 is 1.76 bits per heavy atom. The zero-order valence-electron chi connectivity index (χ0n) is 15.8. The Hall–Kier alpha value is -3.80. The van der Waals surface area contributed by atoms with Crippen molar-refractivity contribution in [2.75, 3.05) is 7.11 Å². The molecule has 0 bridgehead atoms. The van der Waals surface area contributed by atoms with Crippen molar-refractivity contribution >= 4 is 6.08 Å². The zero-order chi connectivity index (χ0) is 20.2. The molecule has 0 saturated carbocycles. The highest BCUT2D eigenvalue weighted by Crippen LogP contribution is 2.40. The summed E-state index contributed by atoms with van der Waals surface area (Å²) in [7, 11) is 1.54. The third-order valence-corrected chi connectivity index (χ3v) is 4.67. The summed E-state index contributed by atoms with van der Waals surface area (Å²) >= 11 is 0. The normalized spacial score (nSPS) is 14.9. The van der Waals surface area contributed by atoms with Gasteiger partial charge in [0, 0.05) is 17.2 Å². The van der Waals surface area contributed by atoms with Crippen LogP contribution in [0.4, 0.5) is 0 Å². The third-order valence-electron chi connectivity index (χ3n) is 4.67. The maximum Gasteiger partial charge on any atom is 0.291 e. The second kappa shape index (κ2) is 8.06. The van der Waals surface area contributed by atoms with Crippen molar-refractivity contribution in [3.63, 3.8) is 0 Å². The van der Waals surface area contributed by atoms with Gasteiger partial charge in [-0.15, -0.1) is 0 Å². The van der Waals surface area contributed by atoms with Gasteiger partial charge in [0.2, 0.25) is 6.10 Å². The van der Waals surface area contributed by atoms with Crippen LogP contribution in [0.1, 0.15) is 22.8 Å². The third kappa shape index (κ3) is 3.91. The fraction of sp³-hybridized carbons (Fsp3) is 0.130. The summed E-state index contributed by atoms with van der Waals surface area (Å²) in [6, 6.07) is 22.3. The van der Waals surface area contributed by atoms with E-state index < -0.39 is 11.0 Å². The molecule has 29 heavy (non-hydrogen) atoms. The molecule has 0 N–H and O–H groups in total. The van der Waals surface area contributed by atoms with Crippen molar-refractivity contribution in [1.29, 1.82) is 0 Å². The smallest absolute Gasteiger partial charge is 0.291 e. The number of benzene rings is 3. The lowest BCUT2D eigenvalue weighted by molar-refractivity contribution is -0.434. The van der Waals surface area contributed by atoms with Crippen LogP contribution in [0.3, 0.4) is 0 Å². The predicted octanol–water partition coefficient (Wildman–Crippen LogP) is 5.03. The molecule has 0 radical (unpaired) electrons. The number of fused-ring (bicyclic) bond motifs is 1. The van der Waals surface area contributed by atoms with E-state index in [1.54, 1.807) is 36.4 Å². The highest BCUT2D eigenvalue weighted by molar-refractivity contribution is 5.62. The summed E-state index contributed by atoms with van der Waals surface area (Å²) in [5.74, 6) is 1.65. The molecule has 1 aliphatic rings. The number of hydrogen-bond acceptors (Lipinski definition) is 5. The number of rotatable bonds is 6. The SMILES string of the molecule is COc1cc(C2Oc3ccccc3C=C2[N+](=O)[O-])ccc1OCc1ccccc1. The average molecular weight is 389 g/mol. The standard InChI is InChI=1S/C23H19NO5/c1-27-22-14-18(11-12-21(22)28-15-16-7-3-2-4-8-16)23-19(24(25)26)13-17-9-5-6-10-20(17)29-23/h2-14,23H,15H2,1H3. The largest absolute Gasteiger partial charge is 0.493 e. The first-order valence-electron chi connectivity index (χ1n) is 9.12. The fourth-order valence-electron chi connectivity index (χ4n) is 3.22. The van der Waals surface area contributed by atoms with Crippen molar-refractivity contribution in [2.45, 2.75) is 12.7 Å². The Bertz CT molecular complexity index is 1060. The number of para-hydroxylation sites is 1. The summed E-state index contributed by atoms with van der Waals surface area (Å²) < 4.78 is 17.3. The van der Waals surface area contributed by atoms with Gasteiger partial charge in [-0.05, 0) is 23.8 Å². The predicted molar refractivity (Wildman–Crippen MR) is 109 cm³/mol. The van der Waals surface area contributed by atoms with Crippen LogP contribution in [0, 0.1) is 10.1 Å². The molecule has 1 aliphatic heterocycles. The summed E-state index contributed by atoms with van der Waals surface area (Å²) in [5, 5.41) is 11.6. The van der Waals surface area contributed by atoms with E-state index in [9.17, 15) is 10.1 Å². The van der Waals surface area contributed by atoms with Crippen LogP contribution in [-0.2, 0) is 6.61 Å². The molecule has 0 aromatic heterocycles. The summed E-state index contributed by atoms with van der Waals surface area (Å²) in [5.41, 5.74) is 2.31. The molecule has 1 heterocycles. The number of nitrogens with zero attached hydrogens (tertiary/aromatic N) is 1. The van der Waals surface area contributed by atoms with E-state index >= 15 is 0 Å². The van der Waals surface area contributed by atoms with Gasteiger partial charge in [-0.25, -0.2) is 0 Å². The van der Waals surface area contributed by atoms with Gasteiger partial charge < -0.3 is 14.2 Å². The molecule has 3 aromatic carbocycles. The summed E-state index contributed by atoms with van der Waals surface area (Å²) in [6.45, 7) is 0.393. The summed E-state index contributed by atoms with van der Waals surface area (Å²) in [6.07, 6.45) is 0.715.